The Bertz CT molecular complexity index is 466. The number of amides is 1. The fraction of sp³-hybridized carbons (Fsp3) is 0.556. The molecule has 1 amide bonds. The van der Waals surface area contributed by atoms with Gasteiger partial charge >= 0.3 is 0 Å². The second-order valence-electron chi connectivity index (χ2n) is 3.92. The number of carbonyl (C=O) groups excluding carboxylic acids is 1. The fourth-order valence-electron chi connectivity index (χ4n) is 1.21. The van der Waals surface area contributed by atoms with E-state index in [0.29, 0.717) is 0 Å². The van der Waals surface area contributed by atoms with Crippen molar-refractivity contribution < 1.29 is 13.2 Å². The fourth-order valence-corrected chi connectivity index (χ4v) is 2.25. The quantitative estimate of drug-likeness (QED) is 0.750. The Balaban J connectivity index is 2.71. The van der Waals surface area contributed by atoms with E-state index in [0.717, 1.165) is 4.31 Å². The van der Waals surface area contributed by atoms with Crippen LogP contribution in [0.1, 0.15) is 13.8 Å². The minimum atomic E-state index is -3.65. The summed E-state index contributed by atoms with van der Waals surface area (Å²) < 4.78 is 24.8. The summed E-state index contributed by atoms with van der Waals surface area (Å²) in [5.41, 5.74) is 0. The third-order valence-electron chi connectivity index (χ3n) is 2.00. The minimum Gasteiger partial charge on any atom is -0.353 e. The molecule has 2 N–H and O–H groups in total. The molecule has 0 radical (unpaired) electrons. The van der Waals surface area contributed by atoms with Gasteiger partial charge in [0.2, 0.25) is 15.9 Å². The number of aromatic nitrogens is 2. The highest BCUT2D eigenvalue weighted by Gasteiger charge is 2.23. The van der Waals surface area contributed by atoms with Crippen LogP contribution in [0, 0.1) is 0 Å². The number of sulfonamides is 1. The maximum Gasteiger partial charge on any atom is 0.246 e. The lowest BCUT2D eigenvalue weighted by atomic mass is 10.4. The van der Waals surface area contributed by atoms with E-state index >= 15 is 0 Å². The molecule has 7 nitrogen and oxygen atoms in total. The molecule has 0 aliphatic rings. The van der Waals surface area contributed by atoms with Gasteiger partial charge in [0.25, 0.3) is 0 Å². The molecule has 1 aromatic heterocycles. The summed E-state index contributed by atoms with van der Waals surface area (Å²) in [7, 11) is -2.30. The van der Waals surface area contributed by atoms with Crippen LogP contribution in [0.25, 0.3) is 0 Å². The van der Waals surface area contributed by atoms with Crippen molar-refractivity contribution in [2.75, 3.05) is 13.6 Å². The maximum absolute atomic E-state index is 11.9. The lowest BCUT2D eigenvalue weighted by Crippen LogP contribution is -2.40. The molecule has 0 saturated carbocycles. The molecule has 0 saturated heterocycles. The Labute approximate surface area is 100 Å². The number of H-pyrrole nitrogens is 1. The van der Waals surface area contributed by atoms with Crippen molar-refractivity contribution in [1.29, 1.82) is 0 Å². The topological polar surface area (TPSA) is 95.2 Å². The number of likely N-dealkylation sites (N-methyl/N-ethyl adjacent to an activating group) is 1. The van der Waals surface area contributed by atoms with Gasteiger partial charge in [-0.3, -0.25) is 9.89 Å². The van der Waals surface area contributed by atoms with Crippen LogP contribution >= 0.6 is 0 Å². The zero-order valence-electron chi connectivity index (χ0n) is 9.97. The van der Waals surface area contributed by atoms with E-state index in [1.807, 2.05) is 13.8 Å². The Morgan fingerprint density at radius 2 is 2.24 bits per heavy atom. The second kappa shape index (κ2) is 5.28. The third kappa shape index (κ3) is 3.53. The summed E-state index contributed by atoms with van der Waals surface area (Å²) in [6.45, 7) is 3.40. The van der Waals surface area contributed by atoms with E-state index in [4.69, 9.17) is 0 Å². The largest absolute Gasteiger partial charge is 0.353 e. The number of rotatable bonds is 5. The van der Waals surface area contributed by atoms with Gasteiger partial charge < -0.3 is 5.32 Å². The van der Waals surface area contributed by atoms with E-state index in [9.17, 15) is 13.2 Å². The van der Waals surface area contributed by atoms with Gasteiger partial charge in [0.05, 0.1) is 12.7 Å². The highest BCUT2D eigenvalue weighted by atomic mass is 32.2. The first-order valence-corrected chi connectivity index (χ1v) is 6.52. The van der Waals surface area contributed by atoms with E-state index < -0.39 is 10.0 Å². The van der Waals surface area contributed by atoms with Crippen LogP contribution in [0.5, 0.6) is 0 Å². The zero-order chi connectivity index (χ0) is 13.1. The van der Waals surface area contributed by atoms with Crippen molar-refractivity contribution in [3.05, 3.63) is 12.4 Å². The van der Waals surface area contributed by atoms with Crippen molar-refractivity contribution in [2.45, 2.75) is 24.8 Å². The summed E-state index contributed by atoms with van der Waals surface area (Å²) in [4.78, 5) is 11.5. The minimum absolute atomic E-state index is 0.0208. The average Bonchev–Trinajstić information content (AvgIpc) is 2.68. The van der Waals surface area contributed by atoms with E-state index in [1.165, 1.54) is 19.4 Å². The normalized spacial score (nSPS) is 12.1. The van der Waals surface area contributed by atoms with Gasteiger partial charge in [-0.25, -0.2) is 8.42 Å². The smallest absolute Gasteiger partial charge is 0.246 e. The summed E-state index contributed by atoms with van der Waals surface area (Å²) in [5, 5.41) is 8.61. The number of hydrogen-bond donors (Lipinski definition) is 2. The molecule has 0 atom stereocenters. The highest BCUT2D eigenvalue weighted by Crippen LogP contribution is 2.10. The summed E-state index contributed by atoms with van der Waals surface area (Å²) in [5.74, 6) is -0.338. The van der Waals surface area contributed by atoms with Crippen molar-refractivity contribution >= 4 is 15.9 Å². The first kappa shape index (κ1) is 13.7. The zero-order valence-corrected chi connectivity index (χ0v) is 10.8. The SMILES string of the molecule is CC(C)NC(=O)CN(C)S(=O)(=O)c1cn[nH]c1. The molecular weight excluding hydrogens is 244 g/mol. The molecule has 0 aromatic carbocycles. The molecule has 0 fully saturated rings. The predicted octanol–water partition coefficient (Wildman–Crippen LogP) is -0.445. The molecule has 96 valence electrons. The number of hydrogen-bond acceptors (Lipinski definition) is 4. The third-order valence-corrected chi connectivity index (χ3v) is 3.77. The molecule has 1 aromatic rings. The summed E-state index contributed by atoms with van der Waals surface area (Å²) in [6, 6.07) is -0.0208. The molecule has 8 heteroatoms. The first-order chi connectivity index (χ1) is 7.84. The van der Waals surface area contributed by atoms with Crippen LogP contribution in [0.4, 0.5) is 0 Å². The standard InChI is InChI=1S/C9H16N4O3S/c1-7(2)12-9(14)6-13(3)17(15,16)8-4-10-11-5-8/h4-5,7H,6H2,1-3H3,(H,10,11)(H,12,14). The summed E-state index contributed by atoms with van der Waals surface area (Å²) in [6.07, 6.45) is 2.47. The number of aromatic amines is 1. The molecule has 0 unspecified atom stereocenters. The molecule has 1 heterocycles. The monoisotopic (exact) mass is 260 g/mol. The lowest BCUT2D eigenvalue weighted by Gasteiger charge is -2.16. The van der Waals surface area contributed by atoms with E-state index in [2.05, 4.69) is 15.5 Å². The van der Waals surface area contributed by atoms with Gasteiger partial charge in [-0.05, 0) is 13.8 Å². The van der Waals surface area contributed by atoms with Crippen LogP contribution in [-0.4, -0.2) is 48.5 Å². The van der Waals surface area contributed by atoms with Crippen molar-refractivity contribution in [1.82, 2.24) is 19.8 Å². The highest BCUT2D eigenvalue weighted by molar-refractivity contribution is 7.89. The van der Waals surface area contributed by atoms with Gasteiger partial charge in [-0.2, -0.15) is 9.40 Å². The Morgan fingerprint density at radius 3 is 2.71 bits per heavy atom. The average molecular weight is 260 g/mol. The first-order valence-electron chi connectivity index (χ1n) is 5.08. The molecule has 0 aliphatic heterocycles. The Kier molecular flexibility index (Phi) is 4.24. The molecule has 0 aliphatic carbocycles. The van der Waals surface area contributed by atoms with Gasteiger partial charge in [-0.15, -0.1) is 0 Å². The maximum atomic E-state index is 11.9. The molecule has 0 bridgehead atoms. The van der Waals surface area contributed by atoms with Crippen molar-refractivity contribution in [3.8, 4) is 0 Å². The lowest BCUT2D eigenvalue weighted by molar-refractivity contribution is -0.121. The Morgan fingerprint density at radius 1 is 1.59 bits per heavy atom. The van der Waals surface area contributed by atoms with Crippen molar-refractivity contribution in [3.63, 3.8) is 0 Å². The molecular formula is C9H16N4O3S. The second-order valence-corrected chi connectivity index (χ2v) is 5.96. The van der Waals surface area contributed by atoms with E-state index in [-0.39, 0.29) is 23.4 Å². The number of nitrogens with one attached hydrogen (secondary N) is 2. The van der Waals surface area contributed by atoms with Crippen LogP contribution in [0.3, 0.4) is 0 Å². The summed E-state index contributed by atoms with van der Waals surface area (Å²) >= 11 is 0. The van der Waals surface area contributed by atoms with Crippen LogP contribution in [0.15, 0.2) is 17.3 Å². The number of nitrogens with zero attached hydrogens (tertiary/aromatic N) is 2. The van der Waals surface area contributed by atoms with Gasteiger partial charge in [0.15, 0.2) is 0 Å². The van der Waals surface area contributed by atoms with E-state index in [1.54, 1.807) is 0 Å². The van der Waals surface area contributed by atoms with Crippen LogP contribution in [-0.2, 0) is 14.8 Å². The van der Waals surface area contributed by atoms with Gasteiger partial charge in [0.1, 0.15) is 4.90 Å². The van der Waals surface area contributed by atoms with Gasteiger partial charge in [-0.1, -0.05) is 0 Å². The Hall–Kier alpha value is -1.41. The van der Waals surface area contributed by atoms with Gasteiger partial charge in [0, 0.05) is 19.3 Å². The number of carbonyl (C=O) groups is 1. The van der Waals surface area contributed by atoms with Crippen molar-refractivity contribution in [2.24, 2.45) is 0 Å². The predicted molar refractivity (Wildman–Crippen MR) is 61.7 cm³/mol. The van der Waals surface area contributed by atoms with Crippen LogP contribution in [0.2, 0.25) is 0 Å². The van der Waals surface area contributed by atoms with Crippen LogP contribution < -0.4 is 5.32 Å². The molecule has 17 heavy (non-hydrogen) atoms. The molecule has 1 rings (SSSR count). The molecule has 0 spiro atoms.